The van der Waals surface area contributed by atoms with Crippen LogP contribution in [-0.4, -0.2) is 38.0 Å². The van der Waals surface area contributed by atoms with Crippen molar-refractivity contribution in [2.45, 2.75) is 16.7 Å². The maximum Gasteiger partial charge on any atom is 0.338 e. The molecule has 0 saturated carbocycles. The molecule has 2 amide bonds. The summed E-state index contributed by atoms with van der Waals surface area (Å²) in [6, 6.07) is 7.90. The molecule has 26 heavy (non-hydrogen) atoms. The fourth-order valence-corrected chi connectivity index (χ4v) is 3.58. The van der Waals surface area contributed by atoms with Crippen molar-refractivity contribution < 1.29 is 24.4 Å². The van der Waals surface area contributed by atoms with Crippen LogP contribution in [0.1, 0.15) is 16.8 Å². The van der Waals surface area contributed by atoms with Crippen molar-refractivity contribution in [1.29, 1.82) is 0 Å². The summed E-state index contributed by atoms with van der Waals surface area (Å²) in [5.74, 6) is -2.16. The molecule has 0 radical (unpaired) electrons. The van der Waals surface area contributed by atoms with Crippen LogP contribution in [0.2, 0.25) is 0 Å². The van der Waals surface area contributed by atoms with E-state index in [0.717, 1.165) is 16.7 Å². The second-order valence-corrected chi connectivity index (χ2v) is 6.50. The van der Waals surface area contributed by atoms with Gasteiger partial charge in [0.25, 0.3) is 5.69 Å². The Balaban J connectivity index is 1.83. The van der Waals surface area contributed by atoms with Gasteiger partial charge in [0.2, 0.25) is 11.8 Å². The monoisotopic (exact) mass is 373 g/mol. The summed E-state index contributed by atoms with van der Waals surface area (Å²) in [4.78, 5) is 51.1. The van der Waals surface area contributed by atoms with E-state index >= 15 is 0 Å². The van der Waals surface area contributed by atoms with Crippen molar-refractivity contribution in [3.63, 3.8) is 0 Å². The highest BCUT2D eigenvalue weighted by molar-refractivity contribution is 8.00. The smallest absolute Gasteiger partial charge is 0.338 e. The van der Waals surface area contributed by atoms with Crippen molar-refractivity contribution >= 4 is 40.9 Å². The lowest BCUT2D eigenvalue weighted by molar-refractivity contribution is -0.384. The highest BCUT2D eigenvalue weighted by Crippen LogP contribution is 2.34. The van der Waals surface area contributed by atoms with E-state index in [1.165, 1.54) is 42.6 Å². The lowest BCUT2D eigenvalue weighted by Gasteiger charge is -2.14. The van der Waals surface area contributed by atoms with Crippen LogP contribution >= 0.6 is 11.8 Å². The van der Waals surface area contributed by atoms with Gasteiger partial charge in [-0.05, 0) is 24.3 Å². The van der Waals surface area contributed by atoms with Crippen LogP contribution < -0.4 is 4.90 Å². The number of rotatable bonds is 5. The van der Waals surface area contributed by atoms with Gasteiger partial charge in [-0.25, -0.2) is 14.7 Å². The molecule has 1 atom stereocenters. The molecule has 1 aliphatic heterocycles. The Kier molecular flexibility index (Phi) is 4.67. The van der Waals surface area contributed by atoms with Crippen molar-refractivity contribution in [3.8, 4) is 0 Å². The van der Waals surface area contributed by atoms with Crippen LogP contribution in [0.4, 0.5) is 11.4 Å². The zero-order valence-corrected chi connectivity index (χ0v) is 13.9. The molecule has 1 saturated heterocycles. The first-order chi connectivity index (χ1) is 12.4. The number of carboxylic acids is 1. The largest absolute Gasteiger partial charge is 0.478 e. The number of carboxylic acid groups (broad SMARTS) is 1. The van der Waals surface area contributed by atoms with Gasteiger partial charge in [0.15, 0.2) is 0 Å². The molecule has 0 spiro atoms. The van der Waals surface area contributed by atoms with Crippen LogP contribution in [-0.2, 0) is 9.59 Å². The van der Waals surface area contributed by atoms with Crippen molar-refractivity contribution in [2.24, 2.45) is 0 Å². The number of aromatic carboxylic acids is 1. The molecule has 9 nitrogen and oxygen atoms in total. The van der Waals surface area contributed by atoms with E-state index in [9.17, 15) is 29.6 Å². The fraction of sp³-hybridized carbons (Fsp3) is 0.125. The molecule has 10 heteroatoms. The molecule has 1 aromatic carbocycles. The summed E-state index contributed by atoms with van der Waals surface area (Å²) in [7, 11) is 0. The fourth-order valence-electron chi connectivity index (χ4n) is 2.47. The number of anilines is 1. The van der Waals surface area contributed by atoms with Crippen molar-refractivity contribution in [2.75, 3.05) is 4.90 Å². The topological polar surface area (TPSA) is 131 Å². The highest BCUT2D eigenvalue weighted by atomic mass is 32.2. The van der Waals surface area contributed by atoms with Crippen LogP contribution in [0.3, 0.4) is 0 Å². The van der Waals surface area contributed by atoms with E-state index in [4.69, 9.17) is 0 Å². The van der Waals surface area contributed by atoms with Gasteiger partial charge >= 0.3 is 5.97 Å². The standard InChI is InChI=1S/C16H11N3O6S/c20-13-8-12(26-14-11(16(22)23)2-1-7-17-14)15(21)18(13)9-3-5-10(6-4-9)19(24)25/h1-7,12H,8H2,(H,22,23). The van der Waals surface area contributed by atoms with E-state index in [1.54, 1.807) is 0 Å². The Morgan fingerprint density at radius 2 is 1.96 bits per heavy atom. The summed E-state index contributed by atoms with van der Waals surface area (Å²) in [5.41, 5.74) is 0.0260. The number of thioether (sulfide) groups is 1. The van der Waals surface area contributed by atoms with E-state index in [2.05, 4.69) is 4.98 Å². The number of non-ortho nitro benzene ring substituents is 1. The minimum absolute atomic E-state index is 0.0495. The van der Waals surface area contributed by atoms with Gasteiger partial charge in [-0.3, -0.25) is 19.7 Å². The minimum atomic E-state index is -1.18. The Labute approximate surface area is 150 Å². The summed E-state index contributed by atoms with van der Waals surface area (Å²) in [6.07, 6.45) is 1.29. The Morgan fingerprint density at radius 3 is 2.58 bits per heavy atom. The minimum Gasteiger partial charge on any atom is -0.478 e. The molecular weight excluding hydrogens is 362 g/mol. The van der Waals surface area contributed by atoms with Gasteiger partial charge < -0.3 is 5.11 Å². The summed E-state index contributed by atoms with van der Waals surface area (Å²) in [5, 5.41) is 19.2. The normalized spacial score (nSPS) is 16.8. The molecule has 3 rings (SSSR count). The average Bonchev–Trinajstić information content (AvgIpc) is 2.89. The average molecular weight is 373 g/mol. The van der Waals surface area contributed by atoms with Gasteiger partial charge in [0.1, 0.15) is 5.03 Å². The first-order valence-electron chi connectivity index (χ1n) is 7.34. The number of hydrogen-bond acceptors (Lipinski definition) is 7. The third-order valence-corrected chi connectivity index (χ3v) is 4.88. The number of amides is 2. The van der Waals surface area contributed by atoms with E-state index in [-0.39, 0.29) is 28.4 Å². The van der Waals surface area contributed by atoms with Crippen LogP contribution in [0.5, 0.6) is 0 Å². The number of benzene rings is 1. The zero-order valence-electron chi connectivity index (χ0n) is 13.1. The maximum absolute atomic E-state index is 12.6. The van der Waals surface area contributed by atoms with Gasteiger partial charge in [0, 0.05) is 24.8 Å². The molecule has 1 aliphatic rings. The Hall–Kier alpha value is -3.27. The molecule has 132 valence electrons. The van der Waals surface area contributed by atoms with Crippen molar-refractivity contribution in [1.82, 2.24) is 4.98 Å². The lowest BCUT2D eigenvalue weighted by atomic mass is 10.2. The quantitative estimate of drug-likeness (QED) is 0.479. The molecule has 1 unspecified atom stereocenters. The summed E-state index contributed by atoms with van der Waals surface area (Å²) >= 11 is 0.912. The second-order valence-electron chi connectivity index (χ2n) is 5.31. The first-order valence-corrected chi connectivity index (χ1v) is 8.22. The third-order valence-electron chi connectivity index (χ3n) is 3.68. The van der Waals surface area contributed by atoms with Crippen LogP contribution in [0.15, 0.2) is 47.6 Å². The zero-order chi connectivity index (χ0) is 18.8. The van der Waals surface area contributed by atoms with Crippen molar-refractivity contribution in [3.05, 3.63) is 58.3 Å². The molecule has 1 aromatic heterocycles. The maximum atomic E-state index is 12.6. The molecule has 2 heterocycles. The molecule has 2 aromatic rings. The third kappa shape index (κ3) is 3.26. The Morgan fingerprint density at radius 1 is 1.27 bits per heavy atom. The van der Waals surface area contributed by atoms with Crippen LogP contribution in [0, 0.1) is 10.1 Å². The number of hydrogen-bond donors (Lipinski definition) is 1. The van der Waals surface area contributed by atoms with Crippen LogP contribution in [0.25, 0.3) is 0 Å². The number of imide groups is 1. The molecule has 1 fully saturated rings. The number of carbonyl (C=O) groups is 3. The predicted octanol–water partition coefficient (Wildman–Crippen LogP) is 2.11. The summed E-state index contributed by atoms with van der Waals surface area (Å²) in [6.45, 7) is 0. The highest BCUT2D eigenvalue weighted by Gasteiger charge is 2.41. The number of aromatic nitrogens is 1. The van der Waals surface area contributed by atoms with Gasteiger partial charge in [-0.15, -0.1) is 0 Å². The molecule has 0 aliphatic carbocycles. The number of nitro benzene ring substituents is 1. The predicted molar refractivity (Wildman–Crippen MR) is 91.0 cm³/mol. The SMILES string of the molecule is O=C(O)c1cccnc1SC1CC(=O)N(c2ccc([N+](=O)[O-])cc2)C1=O. The lowest BCUT2D eigenvalue weighted by Crippen LogP contribution is -2.31. The number of nitrogens with zero attached hydrogens (tertiary/aromatic N) is 3. The van der Waals surface area contributed by atoms with Gasteiger partial charge in [-0.1, -0.05) is 11.8 Å². The van der Waals surface area contributed by atoms with Gasteiger partial charge in [-0.2, -0.15) is 0 Å². The van der Waals surface area contributed by atoms with E-state index in [0.29, 0.717) is 0 Å². The molecular formula is C16H11N3O6S. The number of nitro groups is 1. The second kappa shape index (κ2) is 6.92. The molecule has 0 bridgehead atoms. The number of pyridine rings is 1. The van der Waals surface area contributed by atoms with E-state index < -0.39 is 28.0 Å². The Bertz CT molecular complexity index is 914. The van der Waals surface area contributed by atoms with Gasteiger partial charge in [0.05, 0.1) is 21.4 Å². The number of carbonyl (C=O) groups excluding carboxylic acids is 2. The first kappa shape index (κ1) is 17.5. The van der Waals surface area contributed by atoms with E-state index in [1.807, 2.05) is 0 Å². The summed E-state index contributed by atoms with van der Waals surface area (Å²) < 4.78 is 0. The molecule has 1 N–H and O–H groups in total.